The number of hydrogen-bond donors (Lipinski definition) is 2. The van der Waals surface area contributed by atoms with Crippen LogP contribution >= 0.6 is 0 Å². The molecule has 1 saturated carbocycles. The molecule has 0 aliphatic heterocycles. The Labute approximate surface area is 108 Å². The van der Waals surface area contributed by atoms with Crippen molar-refractivity contribution in [1.82, 2.24) is 15.1 Å². The molecular formula is C13H22N4O. The maximum atomic E-state index is 12.2. The first-order valence-electron chi connectivity index (χ1n) is 6.59. The van der Waals surface area contributed by atoms with E-state index in [0.717, 1.165) is 18.8 Å². The predicted molar refractivity (Wildman–Crippen MR) is 71.2 cm³/mol. The number of nitrogen functional groups attached to an aromatic ring is 1. The van der Waals surface area contributed by atoms with Crippen LogP contribution in [0.5, 0.6) is 0 Å². The molecule has 18 heavy (non-hydrogen) atoms. The van der Waals surface area contributed by atoms with Gasteiger partial charge in [-0.3, -0.25) is 9.48 Å². The Bertz CT molecular complexity index is 444. The van der Waals surface area contributed by atoms with Crippen LogP contribution in [0.4, 0.5) is 5.69 Å². The zero-order valence-corrected chi connectivity index (χ0v) is 11.4. The van der Waals surface area contributed by atoms with Crippen molar-refractivity contribution >= 4 is 11.6 Å². The Morgan fingerprint density at radius 2 is 2.00 bits per heavy atom. The highest BCUT2D eigenvalue weighted by Crippen LogP contribution is 2.24. The van der Waals surface area contributed by atoms with Gasteiger partial charge in [-0.25, -0.2) is 0 Å². The second-order valence-electron chi connectivity index (χ2n) is 5.40. The van der Waals surface area contributed by atoms with Gasteiger partial charge in [0.15, 0.2) is 0 Å². The highest BCUT2D eigenvalue weighted by atomic mass is 16.2. The van der Waals surface area contributed by atoms with Gasteiger partial charge in [-0.15, -0.1) is 0 Å². The minimum atomic E-state index is -0.102. The highest BCUT2D eigenvalue weighted by Gasteiger charge is 2.23. The predicted octanol–water partition coefficient (Wildman–Crippen LogP) is 1.62. The lowest BCUT2D eigenvalue weighted by Gasteiger charge is -2.26. The van der Waals surface area contributed by atoms with E-state index in [1.807, 2.05) is 6.92 Å². The van der Waals surface area contributed by atoms with Crippen molar-refractivity contribution in [3.63, 3.8) is 0 Å². The number of carbonyl (C=O) groups excluding carboxylic acids is 1. The molecular weight excluding hydrogens is 228 g/mol. The summed E-state index contributed by atoms with van der Waals surface area (Å²) in [5, 5.41) is 7.24. The number of nitrogens with zero attached hydrogens (tertiary/aromatic N) is 2. The molecule has 1 aromatic rings. The molecule has 1 heterocycles. The van der Waals surface area contributed by atoms with Gasteiger partial charge in [0.05, 0.1) is 11.4 Å². The summed E-state index contributed by atoms with van der Waals surface area (Å²) in [6.07, 6.45) is 4.49. The lowest BCUT2D eigenvalue weighted by Crippen LogP contribution is -2.38. The van der Waals surface area contributed by atoms with Crippen LogP contribution < -0.4 is 11.1 Å². The first-order valence-corrected chi connectivity index (χ1v) is 6.59. The van der Waals surface area contributed by atoms with E-state index < -0.39 is 0 Å². The molecule has 5 nitrogen and oxygen atoms in total. The number of hydrogen-bond acceptors (Lipinski definition) is 3. The largest absolute Gasteiger partial charge is 0.395 e. The standard InChI is InChI=1S/C13H22N4O/c1-8-4-6-10(7-5-8)15-13(18)12-11(14)9(2)16-17(12)3/h8,10H,4-7,14H2,1-3H3,(H,15,18). The number of rotatable bonds is 2. The Balaban J connectivity index is 2.04. The molecule has 0 atom stereocenters. The summed E-state index contributed by atoms with van der Waals surface area (Å²) in [4.78, 5) is 12.2. The highest BCUT2D eigenvalue weighted by molar-refractivity contribution is 5.98. The molecule has 0 saturated heterocycles. The van der Waals surface area contributed by atoms with Crippen LogP contribution in [0.3, 0.4) is 0 Å². The fourth-order valence-corrected chi connectivity index (χ4v) is 2.60. The van der Waals surface area contributed by atoms with Gasteiger partial charge in [0.25, 0.3) is 5.91 Å². The topological polar surface area (TPSA) is 72.9 Å². The van der Waals surface area contributed by atoms with Crippen molar-refractivity contribution in [3.8, 4) is 0 Å². The zero-order chi connectivity index (χ0) is 13.3. The molecule has 1 amide bonds. The summed E-state index contributed by atoms with van der Waals surface area (Å²) in [6.45, 7) is 4.08. The first-order chi connectivity index (χ1) is 8.49. The fraction of sp³-hybridized carbons (Fsp3) is 0.692. The fourth-order valence-electron chi connectivity index (χ4n) is 2.60. The van der Waals surface area contributed by atoms with E-state index in [-0.39, 0.29) is 11.9 Å². The molecule has 2 rings (SSSR count). The first kappa shape index (κ1) is 12.9. The molecule has 0 spiro atoms. The Morgan fingerprint density at radius 1 is 1.39 bits per heavy atom. The van der Waals surface area contributed by atoms with E-state index >= 15 is 0 Å². The molecule has 1 aliphatic rings. The van der Waals surface area contributed by atoms with E-state index in [1.54, 1.807) is 11.7 Å². The number of carbonyl (C=O) groups is 1. The summed E-state index contributed by atoms with van der Waals surface area (Å²) in [6, 6.07) is 0.281. The Kier molecular flexibility index (Phi) is 3.59. The lowest BCUT2D eigenvalue weighted by atomic mass is 9.87. The monoisotopic (exact) mass is 250 g/mol. The van der Waals surface area contributed by atoms with Crippen molar-refractivity contribution in [3.05, 3.63) is 11.4 Å². The summed E-state index contributed by atoms with van der Waals surface area (Å²) in [5.74, 6) is 0.678. The van der Waals surface area contributed by atoms with Crippen LogP contribution in [-0.4, -0.2) is 21.7 Å². The van der Waals surface area contributed by atoms with Crippen molar-refractivity contribution in [2.45, 2.75) is 45.6 Å². The molecule has 0 aromatic carbocycles. The average molecular weight is 250 g/mol. The van der Waals surface area contributed by atoms with Crippen molar-refractivity contribution in [1.29, 1.82) is 0 Å². The molecule has 1 aliphatic carbocycles. The second-order valence-corrected chi connectivity index (χ2v) is 5.40. The average Bonchev–Trinajstić information content (AvgIpc) is 2.56. The molecule has 1 fully saturated rings. The number of nitrogens with one attached hydrogen (secondary N) is 1. The number of aromatic nitrogens is 2. The van der Waals surface area contributed by atoms with Crippen LogP contribution in [0.25, 0.3) is 0 Å². The third-order valence-electron chi connectivity index (χ3n) is 3.83. The van der Waals surface area contributed by atoms with Crippen molar-refractivity contribution in [2.24, 2.45) is 13.0 Å². The van der Waals surface area contributed by atoms with Crippen LogP contribution in [0.15, 0.2) is 0 Å². The zero-order valence-electron chi connectivity index (χ0n) is 11.4. The third-order valence-corrected chi connectivity index (χ3v) is 3.83. The van der Waals surface area contributed by atoms with Crippen LogP contribution in [-0.2, 0) is 7.05 Å². The summed E-state index contributed by atoms with van der Waals surface area (Å²) >= 11 is 0. The third kappa shape index (κ3) is 2.49. The second kappa shape index (κ2) is 5.00. The number of nitrogens with two attached hydrogens (primary N) is 1. The number of anilines is 1. The van der Waals surface area contributed by atoms with Crippen LogP contribution in [0.2, 0.25) is 0 Å². The number of aryl methyl sites for hydroxylation is 2. The van der Waals surface area contributed by atoms with E-state index in [1.165, 1.54) is 12.8 Å². The quantitative estimate of drug-likeness (QED) is 0.837. The maximum absolute atomic E-state index is 12.2. The Morgan fingerprint density at radius 3 is 2.50 bits per heavy atom. The van der Waals surface area contributed by atoms with Gasteiger partial charge in [0, 0.05) is 13.1 Å². The van der Waals surface area contributed by atoms with Gasteiger partial charge >= 0.3 is 0 Å². The van der Waals surface area contributed by atoms with E-state index in [4.69, 9.17) is 5.73 Å². The minimum Gasteiger partial charge on any atom is -0.395 e. The van der Waals surface area contributed by atoms with Gasteiger partial charge in [0.2, 0.25) is 0 Å². The SMILES string of the molecule is Cc1nn(C)c(C(=O)NC2CCC(C)CC2)c1N. The molecule has 1 aromatic heterocycles. The minimum absolute atomic E-state index is 0.102. The van der Waals surface area contributed by atoms with Gasteiger partial charge in [-0.1, -0.05) is 6.92 Å². The van der Waals surface area contributed by atoms with Gasteiger partial charge in [-0.2, -0.15) is 5.10 Å². The molecule has 0 unspecified atom stereocenters. The Hall–Kier alpha value is -1.52. The molecule has 3 N–H and O–H groups in total. The molecule has 0 bridgehead atoms. The van der Waals surface area contributed by atoms with Crippen LogP contribution in [0.1, 0.15) is 48.8 Å². The molecule has 0 radical (unpaired) electrons. The lowest BCUT2D eigenvalue weighted by molar-refractivity contribution is 0.0914. The van der Waals surface area contributed by atoms with Crippen molar-refractivity contribution < 1.29 is 4.79 Å². The van der Waals surface area contributed by atoms with Crippen LogP contribution in [0, 0.1) is 12.8 Å². The molecule has 100 valence electrons. The van der Waals surface area contributed by atoms with E-state index in [0.29, 0.717) is 17.1 Å². The van der Waals surface area contributed by atoms with E-state index in [2.05, 4.69) is 17.3 Å². The summed E-state index contributed by atoms with van der Waals surface area (Å²) < 4.78 is 1.56. The number of amides is 1. The summed E-state index contributed by atoms with van der Waals surface area (Å²) in [7, 11) is 1.75. The smallest absolute Gasteiger partial charge is 0.271 e. The molecule has 5 heteroatoms. The van der Waals surface area contributed by atoms with Crippen molar-refractivity contribution in [2.75, 3.05) is 5.73 Å². The normalized spacial score (nSPS) is 23.9. The van der Waals surface area contributed by atoms with Gasteiger partial charge in [0.1, 0.15) is 5.69 Å². The maximum Gasteiger partial charge on any atom is 0.271 e. The summed E-state index contributed by atoms with van der Waals surface area (Å²) in [5.41, 5.74) is 7.56. The van der Waals surface area contributed by atoms with E-state index in [9.17, 15) is 4.79 Å². The van der Waals surface area contributed by atoms with Gasteiger partial charge in [-0.05, 0) is 38.5 Å². The van der Waals surface area contributed by atoms with Gasteiger partial charge < -0.3 is 11.1 Å².